The van der Waals surface area contributed by atoms with E-state index in [1.807, 2.05) is 12.1 Å². The molecule has 70 valence electrons. The summed E-state index contributed by atoms with van der Waals surface area (Å²) < 4.78 is 10.5. The molecule has 0 radical (unpaired) electrons. The van der Waals surface area contributed by atoms with Gasteiger partial charge in [0.25, 0.3) is 0 Å². The maximum atomic E-state index is 5.77. The Morgan fingerprint density at radius 2 is 2.23 bits per heavy atom. The van der Waals surface area contributed by atoms with Crippen LogP contribution in [0.25, 0.3) is 0 Å². The van der Waals surface area contributed by atoms with Crippen LogP contribution in [0, 0.1) is 0 Å². The van der Waals surface area contributed by atoms with Crippen molar-refractivity contribution in [1.29, 1.82) is 0 Å². The number of fused-ring (bicyclic) bond motifs is 1. The molecule has 0 saturated carbocycles. The number of ether oxygens (including phenoxy) is 2. The molecule has 0 fully saturated rings. The van der Waals surface area contributed by atoms with Crippen LogP contribution in [0.3, 0.4) is 0 Å². The molecule has 0 atom stereocenters. The second kappa shape index (κ2) is 3.26. The predicted molar refractivity (Wildman–Crippen MR) is 50.8 cm³/mol. The average Bonchev–Trinajstić information content (AvgIpc) is 2.17. The van der Waals surface area contributed by atoms with Gasteiger partial charge in [0.15, 0.2) is 0 Å². The number of rotatable bonds is 1. The van der Waals surface area contributed by atoms with Crippen LogP contribution >= 0.6 is 0 Å². The largest absolute Gasteiger partial charge is 0.495 e. The van der Waals surface area contributed by atoms with E-state index >= 15 is 0 Å². The van der Waals surface area contributed by atoms with Crippen LogP contribution in [0.1, 0.15) is 11.1 Å². The molecule has 0 amide bonds. The Bertz CT molecular complexity index is 323. The fourth-order valence-corrected chi connectivity index (χ4v) is 1.59. The van der Waals surface area contributed by atoms with Crippen molar-refractivity contribution in [1.82, 2.24) is 0 Å². The first kappa shape index (κ1) is 8.38. The summed E-state index contributed by atoms with van der Waals surface area (Å²) in [6.07, 6.45) is 0.950. The van der Waals surface area contributed by atoms with Crippen molar-refractivity contribution < 1.29 is 9.47 Å². The van der Waals surface area contributed by atoms with E-state index in [1.165, 1.54) is 11.1 Å². The highest BCUT2D eigenvalue weighted by atomic mass is 16.5. The lowest BCUT2D eigenvalue weighted by molar-refractivity contribution is 0.110. The van der Waals surface area contributed by atoms with Gasteiger partial charge in [-0.25, -0.2) is 0 Å². The van der Waals surface area contributed by atoms with E-state index in [1.54, 1.807) is 7.11 Å². The fraction of sp³-hybridized carbons (Fsp3) is 0.400. The third-order valence-corrected chi connectivity index (χ3v) is 2.33. The Hall–Kier alpha value is -1.22. The van der Waals surface area contributed by atoms with Crippen molar-refractivity contribution in [3.8, 4) is 5.75 Å². The topological polar surface area (TPSA) is 44.5 Å². The molecule has 1 aromatic carbocycles. The first-order valence-corrected chi connectivity index (χ1v) is 4.34. The summed E-state index contributed by atoms with van der Waals surface area (Å²) in [7, 11) is 1.64. The summed E-state index contributed by atoms with van der Waals surface area (Å²) in [5, 5.41) is 0. The Morgan fingerprint density at radius 1 is 1.38 bits per heavy atom. The molecule has 2 N–H and O–H groups in total. The van der Waals surface area contributed by atoms with Gasteiger partial charge in [-0.1, -0.05) is 0 Å². The molecule has 2 rings (SSSR count). The van der Waals surface area contributed by atoms with Crippen LogP contribution in [0.4, 0.5) is 5.69 Å². The van der Waals surface area contributed by atoms with E-state index in [4.69, 9.17) is 15.2 Å². The van der Waals surface area contributed by atoms with E-state index in [2.05, 4.69) is 0 Å². The number of hydrogen-bond donors (Lipinski definition) is 1. The first-order valence-electron chi connectivity index (χ1n) is 4.34. The van der Waals surface area contributed by atoms with Crippen LogP contribution in [0.15, 0.2) is 12.1 Å². The van der Waals surface area contributed by atoms with Gasteiger partial charge < -0.3 is 15.2 Å². The quantitative estimate of drug-likeness (QED) is 0.662. The van der Waals surface area contributed by atoms with Crippen LogP contribution in [-0.2, 0) is 17.8 Å². The Balaban J connectivity index is 2.44. The third kappa shape index (κ3) is 1.47. The van der Waals surface area contributed by atoms with Gasteiger partial charge in [0, 0.05) is 0 Å². The van der Waals surface area contributed by atoms with E-state index in [0.717, 1.165) is 18.8 Å². The number of nitrogens with two attached hydrogens (primary N) is 1. The highest BCUT2D eigenvalue weighted by Gasteiger charge is 2.12. The van der Waals surface area contributed by atoms with Crippen molar-refractivity contribution in [2.24, 2.45) is 0 Å². The lowest BCUT2D eigenvalue weighted by atomic mass is 10.0. The van der Waals surface area contributed by atoms with Crippen molar-refractivity contribution in [2.45, 2.75) is 13.0 Å². The molecule has 1 aliphatic heterocycles. The zero-order valence-electron chi connectivity index (χ0n) is 7.67. The SMILES string of the molecule is COc1cc2c(cc1N)COCC2. The van der Waals surface area contributed by atoms with Gasteiger partial charge in [-0.05, 0) is 29.7 Å². The first-order chi connectivity index (χ1) is 6.31. The zero-order valence-corrected chi connectivity index (χ0v) is 7.67. The predicted octanol–water partition coefficient (Wildman–Crippen LogP) is 1.35. The van der Waals surface area contributed by atoms with Gasteiger partial charge in [-0.15, -0.1) is 0 Å². The minimum atomic E-state index is 0.670. The summed E-state index contributed by atoms with van der Waals surface area (Å²) in [4.78, 5) is 0. The molecule has 0 saturated heterocycles. The van der Waals surface area contributed by atoms with E-state index in [9.17, 15) is 0 Å². The fourth-order valence-electron chi connectivity index (χ4n) is 1.59. The lowest BCUT2D eigenvalue weighted by Gasteiger charge is -2.18. The molecule has 1 heterocycles. The molecule has 1 aliphatic rings. The number of nitrogen functional groups attached to an aromatic ring is 1. The molecule has 0 aromatic heterocycles. The summed E-state index contributed by atoms with van der Waals surface area (Å²) in [5.74, 6) is 0.764. The standard InChI is InChI=1S/C10H13NO2/c1-12-10-5-7-2-3-13-6-8(7)4-9(10)11/h4-5H,2-3,6,11H2,1H3. The maximum absolute atomic E-state index is 5.77. The second-order valence-electron chi connectivity index (χ2n) is 3.17. The Morgan fingerprint density at radius 3 is 3.00 bits per heavy atom. The highest BCUT2D eigenvalue weighted by molar-refractivity contribution is 5.57. The second-order valence-corrected chi connectivity index (χ2v) is 3.17. The average molecular weight is 179 g/mol. The molecule has 3 heteroatoms. The third-order valence-electron chi connectivity index (χ3n) is 2.33. The summed E-state index contributed by atoms with van der Waals surface area (Å²) in [5.41, 5.74) is 8.94. The molecule has 1 aromatic rings. The molecule has 3 nitrogen and oxygen atoms in total. The van der Waals surface area contributed by atoms with Crippen LogP contribution < -0.4 is 10.5 Å². The summed E-state index contributed by atoms with van der Waals surface area (Å²) in [6.45, 7) is 1.46. The Kier molecular flexibility index (Phi) is 2.10. The van der Waals surface area contributed by atoms with Gasteiger partial charge >= 0.3 is 0 Å². The molecule has 13 heavy (non-hydrogen) atoms. The Labute approximate surface area is 77.5 Å². The van der Waals surface area contributed by atoms with Gasteiger partial charge in [-0.2, -0.15) is 0 Å². The highest BCUT2D eigenvalue weighted by Crippen LogP contribution is 2.28. The molecular weight excluding hydrogens is 166 g/mol. The van der Waals surface area contributed by atoms with Crippen LogP contribution in [0.2, 0.25) is 0 Å². The van der Waals surface area contributed by atoms with Crippen molar-refractivity contribution in [2.75, 3.05) is 19.5 Å². The molecule has 0 aliphatic carbocycles. The van der Waals surface area contributed by atoms with E-state index < -0.39 is 0 Å². The van der Waals surface area contributed by atoms with E-state index in [-0.39, 0.29) is 0 Å². The number of hydrogen-bond acceptors (Lipinski definition) is 3. The smallest absolute Gasteiger partial charge is 0.142 e. The summed E-state index contributed by atoms with van der Waals surface area (Å²) in [6, 6.07) is 3.94. The zero-order chi connectivity index (χ0) is 9.26. The van der Waals surface area contributed by atoms with Gasteiger partial charge in [0.2, 0.25) is 0 Å². The van der Waals surface area contributed by atoms with Crippen LogP contribution in [0.5, 0.6) is 5.75 Å². The number of anilines is 1. The van der Waals surface area contributed by atoms with Gasteiger partial charge in [0.1, 0.15) is 5.75 Å². The monoisotopic (exact) mass is 179 g/mol. The van der Waals surface area contributed by atoms with E-state index in [0.29, 0.717) is 12.3 Å². The summed E-state index contributed by atoms with van der Waals surface area (Å²) >= 11 is 0. The molecule has 0 bridgehead atoms. The molecule has 0 spiro atoms. The minimum Gasteiger partial charge on any atom is -0.495 e. The minimum absolute atomic E-state index is 0.670. The van der Waals surface area contributed by atoms with Crippen molar-refractivity contribution >= 4 is 5.69 Å². The number of benzene rings is 1. The van der Waals surface area contributed by atoms with Crippen molar-refractivity contribution in [3.63, 3.8) is 0 Å². The van der Waals surface area contributed by atoms with Crippen molar-refractivity contribution in [3.05, 3.63) is 23.3 Å². The van der Waals surface area contributed by atoms with Gasteiger partial charge in [0.05, 0.1) is 26.0 Å². The normalized spacial score (nSPS) is 15.2. The molecule has 0 unspecified atom stereocenters. The molecular formula is C10H13NO2. The van der Waals surface area contributed by atoms with Gasteiger partial charge in [-0.3, -0.25) is 0 Å². The van der Waals surface area contributed by atoms with Crippen LogP contribution in [-0.4, -0.2) is 13.7 Å². The maximum Gasteiger partial charge on any atom is 0.142 e. The lowest BCUT2D eigenvalue weighted by Crippen LogP contribution is -2.10. The number of methoxy groups -OCH3 is 1.